The van der Waals surface area contributed by atoms with E-state index < -0.39 is 6.04 Å². The van der Waals surface area contributed by atoms with Gasteiger partial charge >= 0.3 is 0 Å². The molecule has 110 valence electrons. The van der Waals surface area contributed by atoms with Crippen LogP contribution in [0.1, 0.15) is 37.9 Å². The van der Waals surface area contributed by atoms with E-state index in [2.05, 4.69) is 38.2 Å². The average molecular weight is 282 g/mol. The van der Waals surface area contributed by atoms with Gasteiger partial charge in [-0.05, 0) is 28.7 Å². The van der Waals surface area contributed by atoms with Crippen LogP contribution in [0.15, 0.2) is 54.6 Å². The van der Waals surface area contributed by atoms with Crippen molar-refractivity contribution in [1.29, 1.82) is 0 Å². The van der Waals surface area contributed by atoms with E-state index in [4.69, 9.17) is 5.73 Å². The van der Waals surface area contributed by atoms with Gasteiger partial charge in [0.2, 0.25) is 5.91 Å². The van der Waals surface area contributed by atoms with Crippen LogP contribution in [-0.2, 0) is 10.2 Å². The van der Waals surface area contributed by atoms with E-state index >= 15 is 0 Å². The van der Waals surface area contributed by atoms with Crippen molar-refractivity contribution < 1.29 is 4.79 Å². The Morgan fingerprint density at radius 3 is 2.05 bits per heavy atom. The molecule has 1 amide bonds. The standard InChI is InChI=1S/C18H22N2O/c1-18(2,3)14-9-11-15(12-10-14)20-16(17(19)21)13-7-5-4-6-8-13/h4-12,16,20H,1-3H3,(H2,19,21)/t16-/m1/s1. The van der Waals surface area contributed by atoms with Crippen LogP contribution >= 0.6 is 0 Å². The number of benzene rings is 2. The number of hydrogen-bond acceptors (Lipinski definition) is 2. The molecule has 0 heterocycles. The molecular weight excluding hydrogens is 260 g/mol. The van der Waals surface area contributed by atoms with Crippen LogP contribution < -0.4 is 11.1 Å². The molecule has 21 heavy (non-hydrogen) atoms. The van der Waals surface area contributed by atoms with Gasteiger partial charge in [-0.2, -0.15) is 0 Å². The predicted octanol–water partition coefficient (Wildman–Crippen LogP) is 3.62. The molecule has 0 aromatic heterocycles. The summed E-state index contributed by atoms with van der Waals surface area (Å²) in [6.45, 7) is 6.52. The zero-order valence-electron chi connectivity index (χ0n) is 12.8. The SMILES string of the molecule is CC(C)(C)c1ccc(N[C@@H](C(N)=O)c2ccccc2)cc1. The summed E-state index contributed by atoms with van der Waals surface area (Å²) in [5.41, 5.74) is 8.63. The summed E-state index contributed by atoms with van der Waals surface area (Å²) in [4.78, 5) is 11.7. The minimum Gasteiger partial charge on any atom is -0.370 e. The minimum absolute atomic E-state index is 0.112. The molecule has 0 aliphatic heterocycles. The number of nitrogens with one attached hydrogen (secondary N) is 1. The number of primary amides is 1. The number of amides is 1. The van der Waals surface area contributed by atoms with E-state index in [9.17, 15) is 4.79 Å². The van der Waals surface area contributed by atoms with E-state index in [0.717, 1.165) is 11.3 Å². The van der Waals surface area contributed by atoms with E-state index in [1.54, 1.807) is 0 Å². The van der Waals surface area contributed by atoms with Crippen molar-refractivity contribution in [3.05, 3.63) is 65.7 Å². The second kappa shape index (κ2) is 6.00. The van der Waals surface area contributed by atoms with Gasteiger partial charge in [0.25, 0.3) is 0 Å². The van der Waals surface area contributed by atoms with Crippen LogP contribution in [0, 0.1) is 0 Å². The second-order valence-corrected chi connectivity index (χ2v) is 6.22. The lowest BCUT2D eigenvalue weighted by Gasteiger charge is -2.21. The molecule has 1 atom stereocenters. The Bertz CT molecular complexity index is 597. The molecule has 0 radical (unpaired) electrons. The topological polar surface area (TPSA) is 55.1 Å². The Morgan fingerprint density at radius 2 is 1.57 bits per heavy atom. The Balaban J connectivity index is 2.20. The highest BCUT2D eigenvalue weighted by molar-refractivity contribution is 5.84. The first-order valence-electron chi connectivity index (χ1n) is 7.09. The Morgan fingerprint density at radius 1 is 1.00 bits per heavy atom. The average Bonchev–Trinajstić information content (AvgIpc) is 2.45. The largest absolute Gasteiger partial charge is 0.370 e. The fourth-order valence-electron chi connectivity index (χ4n) is 2.20. The first-order valence-corrected chi connectivity index (χ1v) is 7.09. The molecule has 3 nitrogen and oxygen atoms in total. The van der Waals surface area contributed by atoms with Gasteiger partial charge in [-0.25, -0.2) is 0 Å². The molecule has 2 aromatic carbocycles. The van der Waals surface area contributed by atoms with Gasteiger partial charge in [-0.3, -0.25) is 4.79 Å². The van der Waals surface area contributed by atoms with Crippen LogP contribution in [0.2, 0.25) is 0 Å². The maximum Gasteiger partial charge on any atom is 0.244 e. The molecule has 0 saturated heterocycles. The number of nitrogens with two attached hydrogens (primary N) is 1. The van der Waals surface area contributed by atoms with Gasteiger partial charge in [0.15, 0.2) is 0 Å². The highest BCUT2D eigenvalue weighted by Gasteiger charge is 2.18. The van der Waals surface area contributed by atoms with Gasteiger partial charge in [0.05, 0.1) is 0 Å². The van der Waals surface area contributed by atoms with Crippen molar-refractivity contribution >= 4 is 11.6 Å². The number of hydrogen-bond donors (Lipinski definition) is 2. The molecule has 0 spiro atoms. The maximum atomic E-state index is 11.7. The Kier molecular flexibility index (Phi) is 4.32. The Hall–Kier alpha value is -2.29. The van der Waals surface area contributed by atoms with Crippen molar-refractivity contribution in [2.75, 3.05) is 5.32 Å². The smallest absolute Gasteiger partial charge is 0.244 e. The van der Waals surface area contributed by atoms with Gasteiger partial charge in [-0.1, -0.05) is 63.2 Å². The van der Waals surface area contributed by atoms with Gasteiger partial charge in [-0.15, -0.1) is 0 Å². The summed E-state index contributed by atoms with van der Waals surface area (Å²) >= 11 is 0. The van der Waals surface area contributed by atoms with Crippen molar-refractivity contribution in [3.8, 4) is 0 Å². The minimum atomic E-state index is -0.522. The zero-order chi connectivity index (χ0) is 15.5. The van der Waals surface area contributed by atoms with Crippen molar-refractivity contribution in [1.82, 2.24) is 0 Å². The number of anilines is 1. The van der Waals surface area contributed by atoms with Crippen LogP contribution in [0.3, 0.4) is 0 Å². The molecule has 3 heteroatoms. The summed E-state index contributed by atoms with van der Waals surface area (Å²) in [7, 11) is 0. The third kappa shape index (κ3) is 3.85. The van der Waals surface area contributed by atoms with E-state index in [0.29, 0.717) is 0 Å². The summed E-state index contributed by atoms with van der Waals surface area (Å²) < 4.78 is 0. The number of carbonyl (C=O) groups excluding carboxylic acids is 1. The van der Waals surface area contributed by atoms with Crippen molar-refractivity contribution in [2.24, 2.45) is 5.73 Å². The van der Waals surface area contributed by atoms with Crippen LogP contribution in [0.25, 0.3) is 0 Å². The zero-order valence-corrected chi connectivity index (χ0v) is 12.8. The molecule has 0 fully saturated rings. The van der Waals surface area contributed by atoms with Gasteiger partial charge < -0.3 is 11.1 Å². The molecular formula is C18H22N2O. The molecule has 2 rings (SSSR count). The molecule has 0 bridgehead atoms. The molecule has 0 saturated carbocycles. The van der Waals surface area contributed by atoms with E-state index in [1.807, 2.05) is 42.5 Å². The maximum absolute atomic E-state index is 11.7. The van der Waals surface area contributed by atoms with Crippen molar-refractivity contribution in [3.63, 3.8) is 0 Å². The predicted molar refractivity (Wildman–Crippen MR) is 87.1 cm³/mol. The Labute approximate surface area is 126 Å². The van der Waals surface area contributed by atoms with Crippen molar-refractivity contribution in [2.45, 2.75) is 32.2 Å². The van der Waals surface area contributed by atoms with Crippen LogP contribution in [0.5, 0.6) is 0 Å². The fraction of sp³-hybridized carbons (Fsp3) is 0.278. The van der Waals surface area contributed by atoms with E-state index in [1.165, 1.54) is 5.56 Å². The quantitative estimate of drug-likeness (QED) is 0.899. The van der Waals surface area contributed by atoms with Gasteiger partial charge in [0.1, 0.15) is 6.04 Å². The first-order chi connectivity index (χ1) is 9.88. The molecule has 3 N–H and O–H groups in total. The lowest BCUT2D eigenvalue weighted by atomic mass is 9.87. The van der Waals surface area contributed by atoms with Gasteiger partial charge in [0, 0.05) is 5.69 Å². The summed E-state index contributed by atoms with van der Waals surface area (Å²) in [5, 5.41) is 3.20. The lowest BCUT2D eigenvalue weighted by molar-refractivity contribution is -0.118. The number of carbonyl (C=O) groups is 1. The van der Waals surface area contributed by atoms with E-state index in [-0.39, 0.29) is 11.3 Å². The molecule has 2 aromatic rings. The summed E-state index contributed by atoms with van der Waals surface area (Å²) in [5.74, 6) is -0.388. The highest BCUT2D eigenvalue weighted by atomic mass is 16.1. The summed E-state index contributed by atoms with van der Waals surface area (Å²) in [6.07, 6.45) is 0. The molecule has 0 aliphatic rings. The first kappa shape index (κ1) is 15.1. The number of rotatable bonds is 4. The monoisotopic (exact) mass is 282 g/mol. The molecule has 0 aliphatic carbocycles. The lowest BCUT2D eigenvalue weighted by Crippen LogP contribution is -2.27. The third-order valence-electron chi connectivity index (χ3n) is 3.48. The van der Waals surface area contributed by atoms with Crippen LogP contribution in [-0.4, -0.2) is 5.91 Å². The molecule has 0 unspecified atom stereocenters. The second-order valence-electron chi connectivity index (χ2n) is 6.22. The summed E-state index contributed by atoms with van der Waals surface area (Å²) in [6, 6.07) is 17.1. The third-order valence-corrected chi connectivity index (χ3v) is 3.48. The normalized spacial score (nSPS) is 12.7. The highest BCUT2D eigenvalue weighted by Crippen LogP contribution is 2.25. The fourth-order valence-corrected chi connectivity index (χ4v) is 2.20. The van der Waals surface area contributed by atoms with Crippen LogP contribution in [0.4, 0.5) is 5.69 Å².